The molecule has 0 bridgehead atoms. The fourth-order valence-corrected chi connectivity index (χ4v) is 1.24. The minimum Gasteiger partial charge on any atom is -0.463 e. The lowest BCUT2D eigenvalue weighted by Gasteiger charge is -1.91. The van der Waals surface area contributed by atoms with Crippen molar-refractivity contribution in [2.45, 2.75) is 0 Å². The average Bonchev–Trinajstić information content (AvgIpc) is 2.60. The number of benzene rings is 1. The van der Waals surface area contributed by atoms with E-state index in [9.17, 15) is 13.6 Å². The van der Waals surface area contributed by atoms with Crippen molar-refractivity contribution in [2.75, 3.05) is 7.11 Å². The van der Waals surface area contributed by atoms with Crippen LogP contribution in [0.15, 0.2) is 22.6 Å². The second-order valence-electron chi connectivity index (χ2n) is 2.91. The maximum Gasteiger partial charge on any atom is 0.373 e. The van der Waals surface area contributed by atoms with Crippen molar-refractivity contribution in [3.05, 3.63) is 35.6 Å². The second-order valence-corrected chi connectivity index (χ2v) is 2.91. The number of methoxy groups -OCH3 is 1. The highest BCUT2D eigenvalue weighted by Crippen LogP contribution is 2.22. The fraction of sp³-hybridized carbons (Fsp3) is 0.100. The van der Waals surface area contributed by atoms with Crippen LogP contribution in [0.25, 0.3) is 11.0 Å². The zero-order valence-corrected chi connectivity index (χ0v) is 7.71. The number of hydrogen-bond donors (Lipinski definition) is 0. The summed E-state index contributed by atoms with van der Waals surface area (Å²) in [5.74, 6) is -2.78. The van der Waals surface area contributed by atoms with Gasteiger partial charge in [0.05, 0.1) is 7.11 Å². The first-order chi connectivity index (χ1) is 7.11. The normalized spacial score (nSPS) is 10.6. The first kappa shape index (κ1) is 9.64. The molecule has 0 saturated carbocycles. The summed E-state index contributed by atoms with van der Waals surface area (Å²) in [6.45, 7) is 0. The van der Waals surface area contributed by atoms with E-state index >= 15 is 0 Å². The van der Waals surface area contributed by atoms with Gasteiger partial charge in [-0.2, -0.15) is 0 Å². The molecule has 0 aliphatic carbocycles. The summed E-state index contributed by atoms with van der Waals surface area (Å²) in [5, 5.41) is 0.314. The molecule has 0 unspecified atom stereocenters. The molecule has 1 aromatic carbocycles. The van der Waals surface area contributed by atoms with Crippen LogP contribution in [0.4, 0.5) is 8.78 Å². The Kier molecular flexibility index (Phi) is 2.15. The highest BCUT2D eigenvalue weighted by molar-refractivity contribution is 5.92. The number of carbonyl (C=O) groups excluding carboxylic acids is 1. The number of halogens is 2. The lowest BCUT2D eigenvalue weighted by Crippen LogP contribution is -1.97. The van der Waals surface area contributed by atoms with Crippen LogP contribution in [0, 0.1) is 11.6 Å². The molecule has 1 aromatic heterocycles. The van der Waals surface area contributed by atoms with E-state index in [0.717, 1.165) is 12.1 Å². The summed E-state index contributed by atoms with van der Waals surface area (Å²) >= 11 is 0. The van der Waals surface area contributed by atoms with Crippen LogP contribution in [0.3, 0.4) is 0 Å². The number of rotatable bonds is 1. The van der Waals surface area contributed by atoms with E-state index in [2.05, 4.69) is 4.74 Å². The summed E-state index contributed by atoms with van der Waals surface area (Å²) in [4.78, 5) is 11.0. The largest absolute Gasteiger partial charge is 0.463 e. The lowest BCUT2D eigenvalue weighted by atomic mass is 10.2. The van der Waals surface area contributed by atoms with Gasteiger partial charge in [0.15, 0.2) is 11.6 Å². The number of carbonyl (C=O) groups is 1. The number of fused-ring (bicyclic) bond motifs is 1. The number of ether oxygens (including phenoxy) is 1. The monoisotopic (exact) mass is 212 g/mol. The SMILES string of the molecule is COC(=O)c1cc2cc(F)c(F)cc2o1. The van der Waals surface area contributed by atoms with Crippen molar-refractivity contribution in [3.8, 4) is 0 Å². The second kappa shape index (κ2) is 3.34. The molecule has 1 heterocycles. The first-order valence-corrected chi connectivity index (χ1v) is 4.08. The molecule has 0 N–H and O–H groups in total. The summed E-state index contributed by atoms with van der Waals surface area (Å²) in [7, 11) is 1.19. The van der Waals surface area contributed by atoms with E-state index in [0.29, 0.717) is 5.39 Å². The Balaban J connectivity index is 2.61. The van der Waals surface area contributed by atoms with Gasteiger partial charge in [-0.15, -0.1) is 0 Å². The van der Waals surface area contributed by atoms with Crippen molar-refractivity contribution in [2.24, 2.45) is 0 Å². The maximum absolute atomic E-state index is 12.8. The van der Waals surface area contributed by atoms with Gasteiger partial charge in [-0.05, 0) is 12.1 Å². The molecule has 5 heteroatoms. The highest BCUT2D eigenvalue weighted by atomic mass is 19.2. The highest BCUT2D eigenvalue weighted by Gasteiger charge is 2.14. The Morgan fingerprint density at radius 2 is 1.93 bits per heavy atom. The third-order valence-corrected chi connectivity index (χ3v) is 1.95. The van der Waals surface area contributed by atoms with Gasteiger partial charge in [0.1, 0.15) is 5.58 Å². The van der Waals surface area contributed by atoms with Gasteiger partial charge < -0.3 is 9.15 Å². The van der Waals surface area contributed by atoms with Crippen molar-refractivity contribution < 1.29 is 22.7 Å². The van der Waals surface area contributed by atoms with Gasteiger partial charge in [-0.3, -0.25) is 0 Å². The molecule has 0 amide bonds. The first-order valence-electron chi connectivity index (χ1n) is 4.08. The van der Waals surface area contributed by atoms with E-state index in [1.165, 1.54) is 13.2 Å². The van der Waals surface area contributed by atoms with Crippen LogP contribution in [0.5, 0.6) is 0 Å². The standard InChI is InChI=1S/C10H6F2O3/c1-14-10(13)9-3-5-2-6(11)7(12)4-8(5)15-9/h2-4H,1H3. The fourth-order valence-electron chi connectivity index (χ4n) is 1.24. The Labute approximate surface area is 83.2 Å². The molecule has 2 rings (SSSR count). The lowest BCUT2D eigenvalue weighted by molar-refractivity contribution is 0.0567. The quantitative estimate of drug-likeness (QED) is 0.681. The Bertz CT molecular complexity index is 492. The van der Waals surface area contributed by atoms with Crippen LogP contribution in [-0.4, -0.2) is 13.1 Å². The minimum atomic E-state index is -1.02. The van der Waals surface area contributed by atoms with Crippen molar-refractivity contribution in [1.82, 2.24) is 0 Å². The third-order valence-electron chi connectivity index (χ3n) is 1.95. The van der Waals surface area contributed by atoms with Gasteiger partial charge >= 0.3 is 5.97 Å². The molecular formula is C10H6F2O3. The molecule has 0 spiro atoms. The molecule has 78 valence electrons. The van der Waals surface area contributed by atoms with E-state index < -0.39 is 17.6 Å². The molecule has 0 radical (unpaired) electrons. The Hall–Kier alpha value is -1.91. The van der Waals surface area contributed by atoms with Gasteiger partial charge in [0, 0.05) is 11.5 Å². The molecule has 0 aliphatic heterocycles. The van der Waals surface area contributed by atoms with Crippen LogP contribution in [0.2, 0.25) is 0 Å². The average molecular weight is 212 g/mol. The molecule has 0 aliphatic rings. The van der Waals surface area contributed by atoms with E-state index in [1.807, 2.05) is 0 Å². The van der Waals surface area contributed by atoms with Gasteiger partial charge in [0.2, 0.25) is 5.76 Å². The predicted octanol–water partition coefficient (Wildman–Crippen LogP) is 2.50. The molecule has 2 aromatic rings. The van der Waals surface area contributed by atoms with Gasteiger partial charge in [0.25, 0.3) is 0 Å². The third kappa shape index (κ3) is 1.56. The summed E-state index contributed by atoms with van der Waals surface area (Å²) in [5.41, 5.74) is 0.106. The van der Waals surface area contributed by atoms with Crippen LogP contribution in [-0.2, 0) is 4.74 Å². The zero-order chi connectivity index (χ0) is 11.0. The number of hydrogen-bond acceptors (Lipinski definition) is 3. The summed E-state index contributed by atoms with van der Waals surface area (Å²) in [6, 6.07) is 3.14. The number of esters is 1. The maximum atomic E-state index is 12.8. The Morgan fingerprint density at radius 3 is 2.60 bits per heavy atom. The summed E-state index contributed by atoms with van der Waals surface area (Å²) in [6.07, 6.45) is 0. The van der Waals surface area contributed by atoms with Crippen LogP contribution < -0.4 is 0 Å². The predicted molar refractivity (Wildman–Crippen MR) is 47.5 cm³/mol. The van der Waals surface area contributed by atoms with E-state index in [1.54, 1.807) is 0 Å². The topological polar surface area (TPSA) is 39.4 Å². The van der Waals surface area contributed by atoms with Gasteiger partial charge in [-0.25, -0.2) is 13.6 Å². The zero-order valence-electron chi connectivity index (χ0n) is 7.71. The number of furan rings is 1. The molecular weight excluding hydrogens is 206 g/mol. The minimum absolute atomic E-state index is 0.0856. The molecule has 15 heavy (non-hydrogen) atoms. The van der Waals surface area contributed by atoms with E-state index in [4.69, 9.17) is 4.42 Å². The molecule has 0 saturated heterocycles. The molecule has 0 fully saturated rings. The van der Waals surface area contributed by atoms with Crippen LogP contribution >= 0.6 is 0 Å². The van der Waals surface area contributed by atoms with Crippen molar-refractivity contribution in [1.29, 1.82) is 0 Å². The Morgan fingerprint density at radius 1 is 1.27 bits per heavy atom. The van der Waals surface area contributed by atoms with Crippen molar-refractivity contribution >= 4 is 16.9 Å². The van der Waals surface area contributed by atoms with Crippen LogP contribution in [0.1, 0.15) is 10.6 Å². The van der Waals surface area contributed by atoms with E-state index in [-0.39, 0.29) is 11.3 Å². The smallest absolute Gasteiger partial charge is 0.373 e. The molecule has 3 nitrogen and oxygen atoms in total. The summed E-state index contributed by atoms with van der Waals surface area (Å²) < 4.78 is 35.0. The van der Waals surface area contributed by atoms with Gasteiger partial charge in [-0.1, -0.05) is 0 Å². The molecule has 0 atom stereocenters. The van der Waals surface area contributed by atoms with Crippen molar-refractivity contribution in [3.63, 3.8) is 0 Å².